The van der Waals surface area contributed by atoms with E-state index in [9.17, 15) is 0 Å². The lowest BCUT2D eigenvalue weighted by atomic mass is 9.94. The van der Waals surface area contributed by atoms with Gasteiger partial charge >= 0.3 is 0 Å². The first-order valence-electron chi connectivity index (χ1n) is 3.93. The van der Waals surface area contributed by atoms with Crippen LogP contribution in [0.1, 0.15) is 27.2 Å². The van der Waals surface area contributed by atoms with Gasteiger partial charge in [-0.1, -0.05) is 13.8 Å². The van der Waals surface area contributed by atoms with Crippen LogP contribution in [0.2, 0.25) is 0 Å². The van der Waals surface area contributed by atoms with Crippen molar-refractivity contribution >= 4 is 0 Å². The molecule has 0 amide bonds. The largest absolute Gasteiger partial charge is 0.314 e. The summed E-state index contributed by atoms with van der Waals surface area (Å²) in [5, 5.41) is 3.45. The second-order valence-corrected chi connectivity index (χ2v) is 3.55. The first-order chi connectivity index (χ1) is 4.20. The van der Waals surface area contributed by atoms with Gasteiger partial charge in [-0.3, -0.25) is 0 Å². The Morgan fingerprint density at radius 3 is 2.33 bits per heavy atom. The normalized spacial score (nSPS) is 36.0. The van der Waals surface area contributed by atoms with Gasteiger partial charge in [0.1, 0.15) is 0 Å². The molecule has 1 N–H and O–H groups in total. The fourth-order valence-corrected chi connectivity index (χ4v) is 1.48. The summed E-state index contributed by atoms with van der Waals surface area (Å²) in [5.74, 6) is 1.79. The third kappa shape index (κ3) is 1.68. The van der Waals surface area contributed by atoms with E-state index in [2.05, 4.69) is 26.1 Å². The molecule has 1 saturated heterocycles. The summed E-state index contributed by atoms with van der Waals surface area (Å²) in [6.07, 6.45) is 1.37. The van der Waals surface area contributed by atoms with Crippen LogP contribution >= 0.6 is 0 Å². The van der Waals surface area contributed by atoms with Gasteiger partial charge in [0.15, 0.2) is 0 Å². The molecule has 1 heterocycles. The van der Waals surface area contributed by atoms with E-state index in [1.54, 1.807) is 0 Å². The molecule has 1 aliphatic rings. The molecule has 0 saturated carbocycles. The quantitative estimate of drug-likeness (QED) is 0.564. The molecule has 2 atom stereocenters. The molecule has 1 rings (SSSR count). The minimum atomic E-state index is 0.761. The highest BCUT2D eigenvalue weighted by atomic mass is 14.9. The third-order valence-electron chi connectivity index (χ3n) is 2.33. The Bertz CT molecular complexity index is 88.6. The molecule has 0 bridgehead atoms. The molecule has 1 heteroatoms. The predicted octanol–water partition coefficient (Wildman–Crippen LogP) is 1.64. The van der Waals surface area contributed by atoms with E-state index in [0.29, 0.717) is 0 Å². The van der Waals surface area contributed by atoms with E-state index in [0.717, 1.165) is 17.9 Å². The lowest BCUT2D eigenvalue weighted by Crippen LogP contribution is -2.17. The number of nitrogens with one attached hydrogen (secondary N) is 1. The van der Waals surface area contributed by atoms with Crippen LogP contribution in [0.25, 0.3) is 0 Å². The average molecular weight is 127 g/mol. The molecule has 54 valence electrons. The second kappa shape index (κ2) is 2.70. The molecule has 1 nitrogen and oxygen atoms in total. The summed E-state index contributed by atoms with van der Waals surface area (Å²) in [7, 11) is 0. The lowest BCUT2D eigenvalue weighted by Gasteiger charge is -2.11. The zero-order chi connectivity index (χ0) is 6.85. The van der Waals surface area contributed by atoms with Gasteiger partial charge in [0, 0.05) is 6.04 Å². The Morgan fingerprint density at radius 1 is 1.44 bits per heavy atom. The second-order valence-electron chi connectivity index (χ2n) is 3.55. The summed E-state index contributed by atoms with van der Waals surface area (Å²) in [6.45, 7) is 8.12. The predicted molar refractivity (Wildman–Crippen MR) is 40.4 cm³/mol. The van der Waals surface area contributed by atoms with E-state index in [-0.39, 0.29) is 0 Å². The van der Waals surface area contributed by atoms with Crippen molar-refractivity contribution in [1.29, 1.82) is 0 Å². The van der Waals surface area contributed by atoms with Crippen LogP contribution in [0, 0.1) is 11.8 Å². The molecule has 0 aliphatic carbocycles. The van der Waals surface area contributed by atoms with Crippen LogP contribution in [0.4, 0.5) is 0 Å². The molecule has 0 aromatic carbocycles. The number of hydrogen-bond donors (Lipinski definition) is 1. The van der Waals surface area contributed by atoms with Crippen LogP contribution < -0.4 is 5.32 Å². The van der Waals surface area contributed by atoms with E-state index in [1.807, 2.05) is 0 Å². The lowest BCUT2D eigenvalue weighted by molar-refractivity contribution is 0.413. The Balaban J connectivity index is 2.30. The molecule has 0 radical (unpaired) electrons. The van der Waals surface area contributed by atoms with E-state index in [4.69, 9.17) is 0 Å². The summed E-state index contributed by atoms with van der Waals surface area (Å²) in [5.41, 5.74) is 0. The van der Waals surface area contributed by atoms with Crippen LogP contribution in [0.5, 0.6) is 0 Å². The molecule has 1 aliphatic heterocycles. The zero-order valence-electron chi connectivity index (χ0n) is 6.65. The number of hydrogen-bond acceptors (Lipinski definition) is 1. The van der Waals surface area contributed by atoms with Gasteiger partial charge in [-0.25, -0.2) is 0 Å². The molecule has 0 spiro atoms. The fraction of sp³-hybridized carbons (Fsp3) is 1.00. The maximum absolute atomic E-state index is 3.45. The molecule has 0 aromatic heterocycles. The molecule has 1 unspecified atom stereocenters. The van der Waals surface area contributed by atoms with E-state index >= 15 is 0 Å². The van der Waals surface area contributed by atoms with Crippen molar-refractivity contribution < 1.29 is 0 Å². The molecule has 9 heavy (non-hydrogen) atoms. The Hall–Kier alpha value is -0.0400. The van der Waals surface area contributed by atoms with Gasteiger partial charge in [0.25, 0.3) is 0 Å². The fourth-order valence-electron chi connectivity index (χ4n) is 1.48. The molecular formula is C8H17N. The maximum Gasteiger partial charge on any atom is 0.00420 e. The van der Waals surface area contributed by atoms with Gasteiger partial charge in [-0.2, -0.15) is 0 Å². The highest BCUT2D eigenvalue weighted by Crippen LogP contribution is 2.20. The SMILES string of the molecule is CC1C[C@@H](C(C)C)CN1. The summed E-state index contributed by atoms with van der Waals surface area (Å²) < 4.78 is 0. The maximum atomic E-state index is 3.45. The first-order valence-corrected chi connectivity index (χ1v) is 3.93. The van der Waals surface area contributed by atoms with Crippen molar-refractivity contribution in [1.82, 2.24) is 5.32 Å². The third-order valence-corrected chi connectivity index (χ3v) is 2.33. The van der Waals surface area contributed by atoms with Crippen molar-refractivity contribution in [3.63, 3.8) is 0 Å². The van der Waals surface area contributed by atoms with Crippen molar-refractivity contribution in [2.24, 2.45) is 11.8 Å². The first kappa shape index (κ1) is 7.07. The molecule has 0 aromatic rings. The smallest absolute Gasteiger partial charge is 0.00420 e. The summed E-state index contributed by atoms with van der Waals surface area (Å²) >= 11 is 0. The van der Waals surface area contributed by atoms with Crippen molar-refractivity contribution in [3.05, 3.63) is 0 Å². The molecular weight excluding hydrogens is 110 g/mol. The topological polar surface area (TPSA) is 12.0 Å². The van der Waals surface area contributed by atoms with Gasteiger partial charge in [-0.15, -0.1) is 0 Å². The number of rotatable bonds is 1. The van der Waals surface area contributed by atoms with Crippen molar-refractivity contribution in [2.45, 2.75) is 33.2 Å². The van der Waals surface area contributed by atoms with E-state index in [1.165, 1.54) is 13.0 Å². The minimum Gasteiger partial charge on any atom is -0.314 e. The van der Waals surface area contributed by atoms with Gasteiger partial charge in [0.05, 0.1) is 0 Å². The van der Waals surface area contributed by atoms with Crippen LogP contribution in [0.15, 0.2) is 0 Å². The molecule has 1 fully saturated rings. The van der Waals surface area contributed by atoms with E-state index < -0.39 is 0 Å². The van der Waals surface area contributed by atoms with Gasteiger partial charge < -0.3 is 5.32 Å². The highest BCUT2D eigenvalue weighted by molar-refractivity contribution is 4.79. The van der Waals surface area contributed by atoms with Crippen molar-refractivity contribution in [2.75, 3.05) is 6.54 Å². The summed E-state index contributed by atoms with van der Waals surface area (Å²) in [6, 6.07) is 0.761. The van der Waals surface area contributed by atoms with Crippen LogP contribution in [0.3, 0.4) is 0 Å². The van der Waals surface area contributed by atoms with Gasteiger partial charge in [0.2, 0.25) is 0 Å². The van der Waals surface area contributed by atoms with Crippen LogP contribution in [-0.2, 0) is 0 Å². The van der Waals surface area contributed by atoms with Gasteiger partial charge in [-0.05, 0) is 31.7 Å². The van der Waals surface area contributed by atoms with Crippen molar-refractivity contribution in [3.8, 4) is 0 Å². The summed E-state index contributed by atoms with van der Waals surface area (Å²) in [4.78, 5) is 0. The standard InChI is InChI=1S/C8H17N/c1-6(2)8-4-7(3)9-5-8/h6-9H,4-5H2,1-3H3/t7?,8-/m1/s1. The average Bonchev–Trinajstić information content (AvgIpc) is 2.14. The Kier molecular flexibility index (Phi) is 2.12. The monoisotopic (exact) mass is 127 g/mol. The van der Waals surface area contributed by atoms with Crippen LogP contribution in [-0.4, -0.2) is 12.6 Å². The highest BCUT2D eigenvalue weighted by Gasteiger charge is 2.22. The minimum absolute atomic E-state index is 0.761. The Labute approximate surface area is 57.8 Å². The zero-order valence-corrected chi connectivity index (χ0v) is 6.65. The Morgan fingerprint density at radius 2 is 2.11 bits per heavy atom.